The standard InChI is InChI=1S/C19H30N4O2S/c1-4-22(5-2)19-21-13-16(26-19)12-20-14-17(18-7-6-15(3)25-18)23-8-10-24-11-9-23/h6-7,13,17,20H,4-5,8-12,14H2,1-3H3. The molecule has 6 nitrogen and oxygen atoms in total. The number of hydrogen-bond acceptors (Lipinski definition) is 7. The molecule has 1 fully saturated rings. The fourth-order valence-electron chi connectivity index (χ4n) is 3.28. The number of aryl methyl sites for hydroxylation is 1. The van der Waals surface area contributed by atoms with Crippen molar-refractivity contribution in [3.8, 4) is 0 Å². The van der Waals surface area contributed by atoms with Crippen LogP contribution in [-0.4, -0.2) is 55.8 Å². The van der Waals surface area contributed by atoms with Crippen LogP contribution in [0.3, 0.4) is 0 Å². The van der Waals surface area contributed by atoms with Crippen molar-refractivity contribution in [3.63, 3.8) is 0 Å². The van der Waals surface area contributed by atoms with E-state index in [4.69, 9.17) is 9.15 Å². The summed E-state index contributed by atoms with van der Waals surface area (Å²) in [7, 11) is 0. The number of ether oxygens (including phenoxy) is 1. The molecule has 144 valence electrons. The topological polar surface area (TPSA) is 53.8 Å². The van der Waals surface area contributed by atoms with E-state index in [2.05, 4.69) is 40.0 Å². The van der Waals surface area contributed by atoms with Crippen LogP contribution in [0.2, 0.25) is 0 Å². The summed E-state index contributed by atoms with van der Waals surface area (Å²) >= 11 is 1.77. The van der Waals surface area contributed by atoms with Gasteiger partial charge >= 0.3 is 0 Å². The van der Waals surface area contributed by atoms with Gasteiger partial charge in [0.25, 0.3) is 0 Å². The van der Waals surface area contributed by atoms with Gasteiger partial charge in [0.05, 0.1) is 19.3 Å². The number of nitrogens with one attached hydrogen (secondary N) is 1. The first-order chi connectivity index (χ1) is 12.7. The maximum absolute atomic E-state index is 5.93. The van der Waals surface area contributed by atoms with Gasteiger partial charge in [-0.2, -0.15) is 0 Å². The fourth-order valence-corrected chi connectivity index (χ4v) is 4.29. The maximum atomic E-state index is 5.93. The second-order valence-electron chi connectivity index (χ2n) is 6.52. The summed E-state index contributed by atoms with van der Waals surface area (Å²) in [5, 5.41) is 4.71. The van der Waals surface area contributed by atoms with E-state index in [-0.39, 0.29) is 6.04 Å². The molecule has 1 aliphatic rings. The van der Waals surface area contributed by atoms with E-state index in [9.17, 15) is 0 Å². The average Bonchev–Trinajstić information content (AvgIpc) is 3.30. The van der Waals surface area contributed by atoms with Crippen molar-refractivity contribution in [2.24, 2.45) is 0 Å². The second-order valence-corrected chi connectivity index (χ2v) is 7.62. The minimum atomic E-state index is 0.239. The summed E-state index contributed by atoms with van der Waals surface area (Å²) in [5.41, 5.74) is 0. The lowest BCUT2D eigenvalue weighted by Crippen LogP contribution is -2.42. The monoisotopic (exact) mass is 378 g/mol. The number of thiazole rings is 1. The van der Waals surface area contributed by atoms with E-state index in [1.54, 1.807) is 11.3 Å². The van der Waals surface area contributed by atoms with Crippen LogP contribution in [0.25, 0.3) is 0 Å². The van der Waals surface area contributed by atoms with Gasteiger partial charge in [-0.15, -0.1) is 11.3 Å². The van der Waals surface area contributed by atoms with Crippen molar-refractivity contribution in [1.82, 2.24) is 15.2 Å². The lowest BCUT2D eigenvalue weighted by Gasteiger charge is -2.33. The molecule has 1 aliphatic heterocycles. The van der Waals surface area contributed by atoms with Crippen LogP contribution >= 0.6 is 11.3 Å². The molecule has 26 heavy (non-hydrogen) atoms. The summed E-state index contributed by atoms with van der Waals surface area (Å²) < 4.78 is 11.4. The summed E-state index contributed by atoms with van der Waals surface area (Å²) in [4.78, 5) is 10.6. The molecule has 0 saturated carbocycles. The van der Waals surface area contributed by atoms with E-state index >= 15 is 0 Å². The Morgan fingerprint density at radius 3 is 2.69 bits per heavy atom. The Kier molecular flexibility index (Phi) is 7.07. The normalized spacial score (nSPS) is 16.7. The summed E-state index contributed by atoms with van der Waals surface area (Å²) in [6.07, 6.45) is 1.99. The van der Waals surface area contributed by atoms with Gasteiger partial charge in [-0.25, -0.2) is 4.98 Å². The van der Waals surface area contributed by atoms with Crippen molar-refractivity contribution >= 4 is 16.5 Å². The second kappa shape index (κ2) is 9.50. The third kappa shape index (κ3) is 4.85. The van der Waals surface area contributed by atoms with E-state index in [0.29, 0.717) is 0 Å². The molecule has 3 rings (SSSR count). The molecule has 2 aromatic heterocycles. The summed E-state index contributed by atoms with van der Waals surface area (Å²) in [6, 6.07) is 4.38. The van der Waals surface area contributed by atoms with E-state index in [1.165, 1.54) is 4.88 Å². The number of rotatable bonds is 9. The van der Waals surface area contributed by atoms with Crippen molar-refractivity contribution < 1.29 is 9.15 Å². The van der Waals surface area contributed by atoms with Crippen LogP contribution in [-0.2, 0) is 11.3 Å². The first kappa shape index (κ1) is 19.4. The molecule has 7 heteroatoms. The van der Waals surface area contributed by atoms with Gasteiger partial charge < -0.3 is 19.4 Å². The Balaban J connectivity index is 1.59. The van der Waals surface area contributed by atoms with Crippen molar-refractivity contribution in [3.05, 3.63) is 34.7 Å². The number of nitrogens with zero attached hydrogens (tertiary/aromatic N) is 3. The minimum absolute atomic E-state index is 0.239. The van der Waals surface area contributed by atoms with E-state index in [1.807, 2.05) is 19.2 Å². The zero-order valence-corrected chi connectivity index (χ0v) is 16.8. The third-order valence-corrected chi connectivity index (χ3v) is 5.85. The summed E-state index contributed by atoms with van der Waals surface area (Å²) in [5.74, 6) is 2.00. The smallest absolute Gasteiger partial charge is 0.185 e. The van der Waals surface area contributed by atoms with E-state index < -0.39 is 0 Å². The molecule has 0 amide bonds. The highest BCUT2D eigenvalue weighted by Crippen LogP contribution is 2.25. The Bertz CT molecular complexity index is 662. The van der Waals surface area contributed by atoms with Gasteiger partial charge in [-0.3, -0.25) is 4.90 Å². The van der Waals surface area contributed by atoms with Crippen molar-refractivity contribution in [2.45, 2.75) is 33.4 Å². The molecule has 3 heterocycles. The first-order valence-corrected chi connectivity index (χ1v) is 10.3. The van der Waals surface area contributed by atoms with E-state index in [0.717, 1.165) is 69.1 Å². The largest absolute Gasteiger partial charge is 0.465 e. The van der Waals surface area contributed by atoms with Crippen LogP contribution < -0.4 is 10.2 Å². The molecule has 1 atom stereocenters. The van der Waals surface area contributed by atoms with Crippen LogP contribution in [0, 0.1) is 6.92 Å². The van der Waals surface area contributed by atoms with Crippen LogP contribution in [0.4, 0.5) is 5.13 Å². The Morgan fingerprint density at radius 1 is 1.27 bits per heavy atom. The average molecular weight is 379 g/mol. The Morgan fingerprint density at radius 2 is 2.04 bits per heavy atom. The molecule has 1 unspecified atom stereocenters. The Labute approximate surface area is 160 Å². The highest BCUT2D eigenvalue weighted by atomic mass is 32.1. The molecule has 2 aromatic rings. The maximum Gasteiger partial charge on any atom is 0.185 e. The summed E-state index contributed by atoms with van der Waals surface area (Å²) in [6.45, 7) is 13.5. The zero-order valence-electron chi connectivity index (χ0n) is 16.0. The molecule has 0 aliphatic carbocycles. The number of furan rings is 1. The van der Waals surface area contributed by atoms with Crippen molar-refractivity contribution in [2.75, 3.05) is 50.8 Å². The lowest BCUT2D eigenvalue weighted by atomic mass is 10.1. The first-order valence-electron chi connectivity index (χ1n) is 9.49. The van der Waals surface area contributed by atoms with Crippen LogP contribution in [0.1, 0.15) is 36.3 Å². The number of hydrogen-bond donors (Lipinski definition) is 1. The Hall–Kier alpha value is -1.41. The number of aromatic nitrogens is 1. The molecular formula is C19H30N4O2S. The van der Waals surface area contributed by atoms with Gasteiger partial charge in [-0.1, -0.05) is 0 Å². The molecule has 0 bridgehead atoms. The predicted molar refractivity (Wildman–Crippen MR) is 106 cm³/mol. The minimum Gasteiger partial charge on any atom is -0.465 e. The fraction of sp³-hybridized carbons (Fsp3) is 0.632. The quantitative estimate of drug-likeness (QED) is 0.724. The van der Waals surface area contributed by atoms with Crippen LogP contribution in [0.5, 0.6) is 0 Å². The third-order valence-electron chi connectivity index (χ3n) is 4.79. The van der Waals surface area contributed by atoms with Crippen molar-refractivity contribution in [1.29, 1.82) is 0 Å². The zero-order chi connectivity index (χ0) is 18.4. The van der Waals surface area contributed by atoms with Gasteiger partial charge in [0.15, 0.2) is 5.13 Å². The molecule has 1 N–H and O–H groups in total. The SMILES string of the molecule is CCN(CC)c1ncc(CNCC(c2ccc(C)o2)N2CCOCC2)s1. The highest BCUT2D eigenvalue weighted by Gasteiger charge is 2.25. The number of anilines is 1. The molecule has 0 radical (unpaired) electrons. The molecule has 0 spiro atoms. The lowest BCUT2D eigenvalue weighted by molar-refractivity contribution is 0.0115. The predicted octanol–water partition coefficient (Wildman–Crippen LogP) is 3.05. The molecular weight excluding hydrogens is 348 g/mol. The van der Waals surface area contributed by atoms with Gasteiger partial charge in [0.2, 0.25) is 0 Å². The van der Waals surface area contributed by atoms with Gasteiger partial charge in [0, 0.05) is 50.3 Å². The number of morpholine rings is 1. The molecule has 0 aromatic carbocycles. The highest BCUT2D eigenvalue weighted by molar-refractivity contribution is 7.15. The van der Waals surface area contributed by atoms with Gasteiger partial charge in [-0.05, 0) is 32.9 Å². The molecule has 1 saturated heterocycles. The van der Waals surface area contributed by atoms with Gasteiger partial charge in [0.1, 0.15) is 11.5 Å². The van der Waals surface area contributed by atoms with Crippen LogP contribution in [0.15, 0.2) is 22.7 Å².